The highest BCUT2D eigenvalue weighted by atomic mass is 32.1. The van der Waals surface area contributed by atoms with Gasteiger partial charge in [0.2, 0.25) is 0 Å². The lowest BCUT2D eigenvalue weighted by Gasteiger charge is -2.33. The van der Waals surface area contributed by atoms with Crippen molar-refractivity contribution in [2.45, 2.75) is 51.6 Å². The Hall–Kier alpha value is -1.03. The summed E-state index contributed by atoms with van der Waals surface area (Å²) in [6, 6.07) is 5.16. The van der Waals surface area contributed by atoms with Crippen LogP contribution in [0.4, 0.5) is 0 Å². The lowest BCUT2D eigenvalue weighted by molar-refractivity contribution is 0.304. The summed E-state index contributed by atoms with van der Waals surface area (Å²) >= 11 is 5.61. The summed E-state index contributed by atoms with van der Waals surface area (Å²) in [5.74, 6) is 0. The van der Waals surface area contributed by atoms with Crippen LogP contribution in [0.3, 0.4) is 0 Å². The van der Waals surface area contributed by atoms with E-state index in [0.29, 0.717) is 12.1 Å². The molecular formula is C15H25N3S. The van der Waals surface area contributed by atoms with Crippen molar-refractivity contribution in [2.75, 3.05) is 6.54 Å². The summed E-state index contributed by atoms with van der Waals surface area (Å²) < 4.78 is 2.22. The van der Waals surface area contributed by atoms with Crippen molar-refractivity contribution in [3.05, 3.63) is 24.0 Å². The molecule has 19 heavy (non-hydrogen) atoms. The summed E-state index contributed by atoms with van der Waals surface area (Å²) in [5, 5.41) is 4.31. The molecule has 0 aromatic carbocycles. The minimum atomic E-state index is 0.393. The molecule has 1 atom stereocenters. The molecule has 1 fully saturated rings. The summed E-state index contributed by atoms with van der Waals surface area (Å²) in [5.41, 5.74) is 1.37. The number of nitrogens with zero attached hydrogens (tertiary/aromatic N) is 2. The Labute approximate surface area is 122 Å². The van der Waals surface area contributed by atoms with E-state index in [2.05, 4.69) is 54.0 Å². The van der Waals surface area contributed by atoms with E-state index in [4.69, 9.17) is 12.2 Å². The molecule has 2 rings (SSSR count). The van der Waals surface area contributed by atoms with Gasteiger partial charge in [0, 0.05) is 31.5 Å². The van der Waals surface area contributed by atoms with Gasteiger partial charge in [0.1, 0.15) is 0 Å². The predicted octanol–water partition coefficient (Wildman–Crippen LogP) is 3.23. The highest BCUT2D eigenvalue weighted by molar-refractivity contribution is 7.80. The van der Waals surface area contributed by atoms with Gasteiger partial charge in [-0.05, 0) is 51.0 Å². The number of nitrogens with one attached hydrogen (secondary N) is 1. The summed E-state index contributed by atoms with van der Waals surface area (Å²) in [6.45, 7) is 5.34. The molecule has 1 aliphatic heterocycles. The Morgan fingerprint density at radius 2 is 2.16 bits per heavy atom. The van der Waals surface area contributed by atoms with E-state index in [9.17, 15) is 0 Å². The van der Waals surface area contributed by atoms with Crippen LogP contribution in [-0.4, -0.2) is 27.2 Å². The Kier molecular flexibility index (Phi) is 4.86. The molecule has 0 amide bonds. The van der Waals surface area contributed by atoms with Gasteiger partial charge in [0.15, 0.2) is 5.11 Å². The average molecular weight is 279 g/mol. The second-order valence-corrected chi connectivity index (χ2v) is 6.09. The third-order valence-electron chi connectivity index (χ3n) is 3.75. The fourth-order valence-corrected chi connectivity index (χ4v) is 3.26. The molecule has 0 saturated carbocycles. The Balaban J connectivity index is 2.21. The number of likely N-dealkylation sites (tertiary alicyclic amines) is 1. The quantitative estimate of drug-likeness (QED) is 0.839. The molecule has 1 aliphatic rings. The van der Waals surface area contributed by atoms with Crippen LogP contribution < -0.4 is 5.32 Å². The zero-order valence-electron chi connectivity index (χ0n) is 12.2. The van der Waals surface area contributed by atoms with Crippen LogP contribution in [0.15, 0.2) is 18.3 Å². The second-order valence-electron chi connectivity index (χ2n) is 5.71. The number of thiocarbonyl (C=S) groups is 1. The first-order valence-electron chi connectivity index (χ1n) is 7.28. The van der Waals surface area contributed by atoms with Crippen LogP contribution in [0, 0.1) is 0 Å². The number of aryl methyl sites for hydroxylation is 1. The molecule has 2 heterocycles. The van der Waals surface area contributed by atoms with Gasteiger partial charge < -0.3 is 14.8 Å². The van der Waals surface area contributed by atoms with Gasteiger partial charge in [0.25, 0.3) is 0 Å². The average Bonchev–Trinajstić information content (AvgIpc) is 2.63. The van der Waals surface area contributed by atoms with Gasteiger partial charge in [-0.15, -0.1) is 0 Å². The van der Waals surface area contributed by atoms with Crippen molar-refractivity contribution in [1.82, 2.24) is 14.8 Å². The highest BCUT2D eigenvalue weighted by Crippen LogP contribution is 2.30. The third kappa shape index (κ3) is 3.50. The molecule has 3 nitrogen and oxygen atoms in total. The van der Waals surface area contributed by atoms with Crippen LogP contribution in [0.25, 0.3) is 0 Å². The van der Waals surface area contributed by atoms with Gasteiger partial charge in [-0.1, -0.05) is 12.8 Å². The smallest absolute Gasteiger partial charge is 0.169 e. The molecule has 0 radical (unpaired) electrons. The van der Waals surface area contributed by atoms with Crippen molar-refractivity contribution >= 4 is 17.3 Å². The van der Waals surface area contributed by atoms with Crippen molar-refractivity contribution in [2.24, 2.45) is 7.05 Å². The molecule has 106 valence electrons. The molecular weight excluding hydrogens is 254 g/mol. The van der Waals surface area contributed by atoms with E-state index >= 15 is 0 Å². The van der Waals surface area contributed by atoms with Gasteiger partial charge in [-0.25, -0.2) is 0 Å². The maximum Gasteiger partial charge on any atom is 0.169 e. The number of hydrogen-bond donors (Lipinski definition) is 1. The van der Waals surface area contributed by atoms with Crippen LogP contribution >= 0.6 is 12.2 Å². The van der Waals surface area contributed by atoms with Crippen molar-refractivity contribution in [3.8, 4) is 0 Å². The first-order valence-corrected chi connectivity index (χ1v) is 7.69. The molecule has 1 aromatic rings. The SMILES string of the molecule is CC(C)NC(=S)N1CCCCC[C@@H]1c1cccn1C. The fourth-order valence-electron chi connectivity index (χ4n) is 2.81. The van der Waals surface area contributed by atoms with Crippen molar-refractivity contribution in [3.63, 3.8) is 0 Å². The summed E-state index contributed by atoms with van der Waals surface area (Å²) in [6.07, 6.45) is 7.15. The lowest BCUT2D eigenvalue weighted by Crippen LogP contribution is -2.44. The summed E-state index contributed by atoms with van der Waals surface area (Å²) in [7, 11) is 2.12. The van der Waals surface area contributed by atoms with E-state index in [1.807, 2.05) is 0 Å². The Morgan fingerprint density at radius 3 is 2.79 bits per heavy atom. The normalized spacial score (nSPS) is 20.4. The Morgan fingerprint density at radius 1 is 1.37 bits per heavy atom. The molecule has 1 aromatic heterocycles. The zero-order chi connectivity index (χ0) is 13.8. The maximum atomic E-state index is 5.61. The zero-order valence-corrected chi connectivity index (χ0v) is 13.0. The monoisotopic (exact) mass is 279 g/mol. The van der Waals surface area contributed by atoms with Gasteiger partial charge in [0.05, 0.1) is 6.04 Å². The van der Waals surface area contributed by atoms with Gasteiger partial charge in [-0.3, -0.25) is 0 Å². The minimum Gasteiger partial charge on any atom is -0.360 e. The van der Waals surface area contributed by atoms with E-state index in [-0.39, 0.29) is 0 Å². The maximum absolute atomic E-state index is 5.61. The van der Waals surface area contributed by atoms with Crippen LogP contribution in [0.1, 0.15) is 51.3 Å². The highest BCUT2D eigenvalue weighted by Gasteiger charge is 2.26. The van der Waals surface area contributed by atoms with Crippen LogP contribution in [-0.2, 0) is 7.05 Å². The number of aromatic nitrogens is 1. The number of hydrogen-bond acceptors (Lipinski definition) is 1. The van der Waals surface area contributed by atoms with E-state index in [1.165, 1.54) is 31.4 Å². The Bertz CT molecular complexity index is 425. The van der Waals surface area contributed by atoms with E-state index in [0.717, 1.165) is 11.7 Å². The van der Waals surface area contributed by atoms with Gasteiger partial charge in [-0.2, -0.15) is 0 Å². The third-order valence-corrected chi connectivity index (χ3v) is 4.10. The molecule has 0 bridgehead atoms. The molecule has 1 N–H and O–H groups in total. The first-order chi connectivity index (χ1) is 9.09. The lowest BCUT2D eigenvalue weighted by atomic mass is 10.1. The predicted molar refractivity (Wildman–Crippen MR) is 84.2 cm³/mol. The van der Waals surface area contributed by atoms with E-state index < -0.39 is 0 Å². The van der Waals surface area contributed by atoms with Crippen LogP contribution in [0.2, 0.25) is 0 Å². The fraction of sp³-hybridized carbons (Fsp3) is 0.667. The topological polar surface area (TPSA) is 20.2 Å². The molecule has 0 unspecified atom stereocenters. The molecule has 0 aliphatic carbocycles. The van der Waals surface area contributed by atoms with Crippen LogP contribution in [0.5, 0.6) is 0 Å². The first kappa shape index (κ1) is 14.4. The molecule has 4 heteroatoms. The largest absolute Gasteiger partial charge is 0.360 e. The summed E-state index contributed by atoms with van der Waals surface area (Å²) in [4.78, 5) is 2.39. The standard InChI is InChI=1S/C15H25N3S/c1-12(2)16-15(19)18-11-6-4-5-8-14(18)13-9-7-10-17(13)3/h7,9-10,12,14H,4-6,8,11H2,1-3H3,(H,16,19)/t14-/m1/s1. The molecule has 0 spiro atoms. The van der Waals surface area contributed by atoms with Gasteiger partial charge >= 0.3 is 0 Å². The van der Waals surface area contributed by atoms with Crippen molar-refractivity contribution < 1.29 is 0 Å². The second kappa shape index (κ2) is 6.42. The number of rotatable bonds is 2. The minimum absolute atomic E-state index is 0.393. The van der Waals surface area contributed by atoms with Crippen molar-refractivity contribution in [1.29, 1.82) is 0 Å². The van der Waals surface area contributed by atoms with E-state index in [1.54, 1.807) is 0 Å². The molecule has 1 saturated heterocycles.